The van der Waals surface area contributed by atoms with Gasteiger partial charge in [-0.2, -0.15) is 0 Å². The molecule has 0 aliphatic carbocycles. The Labute approximate surface area is 51.4 Å². The van der Waals surface area contributed by atoms with Crippen LogP contribution < -0.4 is 0 Å². The van der Waals surface area contributed by atoms with Crippen molar-refractivity contribution in [1.82, 2.24) is 0 Å². The van der Waals surface area contributed by atoms with E-state index in [0.717, 1.165) is 0 Å². The van der Waals surface area contributed by atoms with E-state index in [1.807, 2.05) is 0 Å². The van der Waals surface area contributed by atoms with Crippen LogP contribution in [0.15, 0.2) is 0 Å². The summed E-state index contributed by atoms with van der Waals surface area (Å²) >= 11 is 6.52. The van der Waals surface area contributed by atoms with Crippen molar-refractivity contribution in [2.75, 3.05) is 5.75 Å². The van der Waals surface area contributed by atoms with E-state index in [-0.39, 0.29) is 6.10 Å². The first-order chi connectivity index (χ1) is 2.81. The molecule has 1 radical (unpaired) electrons. The van der Waals surface area contributed by atoms with E-state index in [2.05, 4.69) is 28.6 Å². The van der Waals surface area contributed by atoms with Gasteiger partial charge in [0.1, 0.15) is 0 Å². The van der Waals surface area contributed by atoms with Gasteiger partial charge in [0.15, 0.2) is 0 Å². The van der Waals surface area contributed by atoms with Crippen molar-refractivity contribution in [3.05, 3.63) is 0 Å². The molecular weight excluding hydrogens is 163 g/mol. The number of hydrogen-bond donors (Lipinski definition) is 2. The molecule has 0 aromatic rings. The summed E-state index contributed by atoms with van der Waals surface area (Å²) in [5, 5.41) is 9.24. The maximum atomic E-state index is 8.56. The zero-order valence-corrected chi connectivity index (χ0v) is 5.90. The van der Waals surface area contributed by atoms with E-state index < -0.39 is 0 Å². The molecule has 0 aromatic carbocycles. The topological polar surface area (TPSA) is 20.2 Å². The van der Waals surface area contributed by atoms with Crippen LogP contribution in [0.1, 0.15) is 0 Å². The normalized spacial score (nSPS) is 14.5. The van der Waals surface area contributed by atoms with Gasteiger partial charge >= 0.3 is 50.9 Å². The van der Waals surface area contributed by atoms with Gasteiger partial charge in [0.25, 0.3) is 0 Å². The predicted octanol–water partition coefficient (Wildman–Crippen LogP) is -0.136. The minimum atomic E-state index is -0.256. The molecule has 0 fully saturated rings. The van der Waals surface area contributed by atoms with Crippen molar-refractivity contribution in [3.63, 3.8) is 0 Å². The van der Waals surface area contributed by atoms with Crippen LogP contribution >= 0.6 is 12.6 Å². The van der Waals surface area contributed by atoms with Gasteiger partial charge in [0.2, 0.25) is 0 Å². The number of aliphatic hydroxyl groups is 1. The third-order valence-electron chi connectivity index (χ3n) is 0.403. The van der Waals surface area contributed by atoms with Crippen LogP contribution in [0, 0.1) is 0 Å². The number of rotatable bonds is 2. The van der Waals surface area contributed by atoms with E-state index in [1.54, 1.807) is 0 Å². The SMILES string of the molecule is OC(CS)C[Se]. The van der Waals surface area contributed by atoms with Crippen LogP contribution in [0.2, 0.25) is 5.32 Å². The van der Waals surface area contributed by atoms with Gasteiger partial charge in [-0.05, 0) is 0 Å². The second-order valence-corrected chi connectivity index (χ2v) is 2.07. The first-order valence-corrected chi connectivity index (χ1v) is 3.52. The zero-order chi connectivity index (χ0) is 4.99. The molecule has 0 spiro atoms. The summed E-state index contributed by atoms with van der Waals surface area (Å²) in [4.78, 5) is 0. The second-order valence-electron chi connectivity index (χ2n) is 1.00. The molecule has 3 heteroatoms. The average molecular weight is 170 g/mol. The van der Waals surface area contributed by atoms with Gasteiger partial charge in [-0.15, -0.1) is 0 Å². The van der Waals surface area contributed by atoms with Crippen molar-refractivity contribution in [2.45, 2.75) is 11.4 Å². The third-order valence-corrected chi connectivity index (χ3v) is 1.63. The minimum absolute atomic E-state index is 0.256. The third kappa shape index (κ3) is 3.04. The van der Waals surface area contributed by atoms with Crippen molar-refractivity contribution in [2.24, 2.45) is 0 Å². The molecule has 1 atom stereocenters. The monoisotopic (exact) mass is 171 g/mol. The Morgan fingerprint density at radius 3 is 2.33 bits per heavy atom. The first kappa shape index (κ1) is 6.83. The Bertz CT molecular complexity index is 30.0. The van der Waals surface area contributed by atoms with Crippen LogP contribution in [0.3, 0.4) is 0 Å². The fraction of sp³-hybridized carbons (Fsp3) is 1.00. The molecule has 1 nitrogen and oxygen atoms in total. The van der Waals surface area contributed by atoms with E-state index >= 15 is 0 Å². The molecule has 0 aromatic heterocycles. The summed E-state index contributed by atoms with van der Waals surface area (Å²) in [6.45, 7) is 0. The molecule has 0 bridgehead atoms. The molecule has 6 heavy (non-hydrogen) atoms. The zero-order valence-electron chi connectivity index (χ0n) is 3.29. The summed E-state index contributed by atoms with van der Waals surface area (Å²) in [6.07, 6.45) is -0.256. The number of aliphatic hydroxyl groups excluding tert-OH is 1. The van der Waals surface area contributed by atoms with Gasteiger partial charge in [-0.1, -0.05) is 0 Å². The fourth-order valence-corrected chi connectivity index (χ4v) is 0.822. The van der Waals surface area contributed by atoms with Crippen LogP contribution in [0.25, 0.3) is 0 Å². The number of thiol groups is 1. The standard InChI is InChI=1S/C3H7OSSe/c4-3(1-5)2-6/h3-5H,1-2H2. The summed E-state index contributed by atoms with van der Waals surface area (Å²) < 4.78 is 0. The Hall–Kier alpha value is 0.829. The molecule has 0 aliphatic heterocycles. The summed E-state index contributed by atoms with van der Waals surface area (Å²) in [5.74, 6) is 0.549. The van der Waals surface area contributed by atoms with Gasteiger partial charge < -0.3 is 0 Å². The molecule has 1 unspecified atom stereocenters. The molecule has 0 saturated carbocycles. The van der Waals surface area contributed by atoms with Gasteiger partial charge in [0.05, 0.1) is 0 Å². The summed E-state index contributed by atoms with van der Waals surface area (Å²) in [6, 6.07) is 0. The molecular formula is C3H7OSSe. The van der Waals surface area contributed by atoms with Gasteiger partial charge in [-0.25, -0.2) is 0 Å². The maximum absolute atomic E-state index is 8.56. The van der Waals surface area contributed by atoms with E-state index in [4.69, 9.17) is 5.11 Å². The molecule has 0 rings (SSSR count). The molecule has 0 aliphatic rings. The van der Waals surface area contributed by atoms with Crippen LogP contribution in [-0.2, 0) is 0 Å². The van der Waals surface area contributed by atoms with Crippen LogP contribution in [0.5, 0.6) is 0 Å². The Morgan fingerprint density at radius 2 is 2.33 bits per heavy atom. The van der Waals surface area contributed by atoms with Crippen LogP contribution in [-0.4, -0.2) is 33.0 Å². The quantitative estimate of drug-likeness (QED) is 0.436. The Morgan fingerprint density at radius 1 is 1.83 bits per heavy atom. The summed E-state index contributed by atoms with van der Waals surface area (Å²) in [5.41, 5.74) is 0. The van der Waals surface area contributed by atoms with Crippen molar-refractivity contribution in [3.8, 4) is 0 Å². The average Bonchev–Trinajstić information content (AvgIpc) is 1.65. The summed E-state index contributed by atoms with van der Waals surface area (Å²) in [7, 11) is 0. The molecule has 37 valence electrons. The van der Waals surface area contributed by atoms with Crippen molar-refractivity contribution in [1.29, 1.82) is 0 Å². The molecule has 0 saturated heterocycles. The van der Waals surface area contributed by atoms with E-state index in [0.29, 0.717) is 11.1 Å². The van der Waals surface area contributed by atoms with E-state index in [9.17, 15) is 0 Å². The predicted molar refractivity (Wildman–Crippen MR) is 30.4 cm³/mol. The Balaban J connectivity index is 2.75. The van der Waals surface area contributed by atoms with E-state index in [1.165, 1.54) is 0 Å². The van der Waals surface area contributed by atoms with Crippen LogP contribution in [0.4, 0.5) is 0 Å². The van der Waals surface area contributed by atoms with Gasteiger partial charge in [0, 0.05) is 0 Å². The Kier molecular flexibility index (Phi) is 4.55. The van der Waals surface area contributed by atoms with Gasteiger partial charge in [-0.3, -0.25) is 0 Å². The molecule has 0 heterocycles. The fourth-order valence-electron chi connectivity index (χ4n) is 0.0527. The first-order valence-electron chi connectivity index (χ1n) is 1.68. The molecule has 0 amide bonds. The molecule has 1 N–H and O–H groups in total. The van der Waals surface area contributed by atoms with Crippen molar-refractivity contribution >= 4 is 28.6 Å². The number of hydrogen-bond acceptors (Lipinski definition) is 2. The van der Waals surface area contributed by atoms with Crippen molar-refractivity contribution < 1.29 is 5.11 Å². The second kappa shape index (κ2) is 4.00.